The summed E-state index contributed by atoms with van der Waals surface area (Å²) in [4.78, 5) is 12.2. The van der Waals surface area contributed by atoms with Crippen molar-refractivity contribution in [3.63, 3.8) is 0 Å². The molecule has 2 saturated carbocycles. The van der Waals surface area contributed by atoms with Gasteiger partial charge in [-0.1, -0.05) is 38.5 Å². The van der Waals surface area contributed by atoms with Crippen molar-refractivity contribution in [3.8, 4) is 0 Å². The van der Waals surface area contributed by atoms with E-state index in [1.807, 2.05) is 6.92 Å². The Hall–Kier alpha value is -0.610. The highest BCUT2D eigenvalue weighted by molar-refractivity contribution is 5.81. The van der Waals surface area contributed by atoms with Crippen molar-refractivity contribution < 1.29 is 9.90 Å². The highest BCUT2D eigenvalue weighted by Crippen LogP contribution is 2.19. The van der Waals surface area contributed by atoms with E-state index in [4.69, 9.17) is 0 Å². The molecular formula is C16H30N2O2. The molecule has 0 heterocycles. The van der Waals surface area contributed by atoms with Gasteiger partial charge in [-0.25, -0.2) is 0 Å². The number of aliphatic hydroxyl groups is 1. The van der Waals surface area contributed by atoms with E-state index in [1.54, 1.807) is 0 Å². The summed E-state index contributed by atoms with van der Waals surface area (Å²) in [6.07, 6.45) is 11.0. The quantitative estimate of drug-likeness (QED) is 0.692. The van der Waals surface area contributed by atoms with Crippen LogP contribution in [-0.4, -0.2) is 35.2 Å². The second-order valence-electron chi connectivity index (χ2n) is 6.54. The largest absolute Gasteiger partial charge is 0.392 e. The number of aliphatic hydroxyl groups excluding tert-OH is 1. The minimum absolute atomic E-state index is 0.0737. The zero-order valence-electron chi connectivity index (χ0n) is 12.7. The maximum Gasteiger partial charge on any atom is 0.237 e. The Morgan fingerprint density at radius 1 is 1.00 bits per heavy atom. The van der Waals surface area contributed by atoms with Crippen LogP contribution in [0.5, 0.6) is 0 Å². The lowest BCUT2D eigenvalue weighted by Gasteiger charge is -2.28. The van der Waals surface area contributed by atoms with E-state index >= 15 is 0 Å². The minimum Gasteiger partial charge on any atom is -0.392 e. The highest BCUT2D eigenvalue weighted by Gasteiger charge is 2.26. The zero-order valence-corrected chi connectivity index (χ0v) is 12.7. The number of rotatable bonds is 4. The molecule has 1 amide bonds. The first-order valence-electron chi connectivity index (χ1n) is 8.41. The monoisotopic (exact) mass is 282 g/mol. The second kappa shape index (κ2) is 7.99. The molecule has 2 fully saturated rings. The van der Waals surface area contributed by atoms with E-state index < -0.39 is 0 Å². The van der Waals surface area contributed by atoms with Crippen molar-refractivity contribution >= 4 is 5.91 Å². The van der Waals surface area contributed by atoms with Gasteiger partial charge in [0.1, 0.15) is 0 Å². The van der Waals surface area contributed by atoms with Crippen molar-refractivity contribution in [1.29, 1.82) is 0 Å². The number of carbonyl (C=O) groups is 1. The van der Waals surface area contributed by atoms with E-state index in [1.165, 1.54) is 25.7 Å². The van der Waals surface area contributed by atoms with Crippen LogP contribution in [0.15, 0.2) is 0 Å². The van der Waals surface area contributed by atoms with Crippen LogP contribution in [0.25, 0.3) is 0 Å². The fraction of sp³-hybridized carbons (Fsp3) is 0.938. The van der Waals surface area contributed by atoms with Gasteiger partial charge in [0.15, 0.2) is 0 Å². The lowest BCUT2D eigenvalue weighted by molar-refractivity contribution is -0.124. The minimum atomic E-state index is -0.303. The second-order valence-corrected chi connectivity index (χ2v) is 6.54. The third-order valence-electron chi connectivity index (χ3n) is 4.79. The lowest BCUT2D eigenvalue weighted by Crippen LogP contribution is -2.52. The first-order chi connectivity index (χ1) is 9.66. The molecule has 0 aromatic carbocycles. The van der Waals surface area contributed by atoms with E-state index in [0.29, 0.717) is 6.04 Å². The number of hydrogen-bond donors (Lipinski definition) is 3. The summed E-state index contributed by atoms with van der Waals surface area (Å²) >= 11 is 0. The van der Waals surface area contributed by atoms with E-state index in [9.17, 15) is 9.90 Å². The first-order valence-corrected chi connectivity index (χ1v) is 8.41. The molecule has 3 atom stereocenters. The van der Waals surface area contributed by atoms with Gasteiger partial charge in [-0.3, -0.25) is 4.79 Å². The molecule has 0 aliphatic heterocycles. The Morgan fingerprint density at radius 3 is 2.30 bits per heavy atom. The van der Waals surface area contributed by atoms with Crippen molar-refractivity contribution in [2.45, 2.75) is 95.4 Å². The number of amides is 1. The maximum atomic E-state index is 12.2. The molecule has 0 aromatic heterocycles. The molecule has 0 aromatic rings. The topological polar surface area (TPSA) is 61.4 Å². The summed E-state index contributed by atoms with van der Waals surface area (Å²) in [5.74, 6) is 0.0911. The van der Waals surface area contributed by atoms with Gasteiger partial charge in [0.05, 0.1) is 12.1 Å². The van der Waals surface area contributed by atoms with Crippen LogP contribution in [0, 0.1) is 0 Å². The van der Waals surface area contributed by atoms with Crippen molar-refractivity contribution in [2.75, 3.05) is 0 Å². The maximum absolute atomic E-state index is 12.2. The summed E-state index contributed by atoms with van der Waals surface area (Å²) in [6.45, 7) is 1.91. The van der Waals surface area contributed by atoms with Crippen LogP contribution in [0.4, 0.5) is 0 Å². The van der Waals surface area contributed by atoms with Gasteiger partial charge in [-0.2, -0.15) is 0 Å². The van der Waals surface area contributed by atoms with Gasteiger partial charge < -0.3 is 15.7 Å². The molecule has 4 heteroatoms. The number of hydrogen-bond acceptors (Lipinski definition) is 3. The predicted octanol–water partition coefficient (Wildman–Crippen LogP) is 2.11. The highest BCUT2D eigenvalue weighted by atomic mass is 16.3. The average Bonchev–Trinajstić information content (AvgIpc) is 2.65. The molecule has 0 saturated heterocycles. The van der Waals surface area contributed by atoms with E-state index in [0.717, 1.165) is 38.5 Å². The smallest absolute Gasteiger partial charge is 0.237 e. The van der Waals surface area contributed by atoms with Crippen LogP contribution >= 0.6 is 0 Å². The van der Waals surface area contributed by atoms with Crippen LogP contribution in [0.3, 0.4) is 0 Å². The van der Waals surface area contributed by atoms with Crippen LogP contribution in [-0.2, 0) is 4.79 Å². The summed E-state index contributed by atoms with van der Waals surface area (Å²) in [6, 6.07) is 0.221. The van der Waals surface area contributed by atoms with Gasteiger partial charge in [-0.15, -0.1) is 0 Å². The zero-order chi connectivity index (χ0) is 14.4. The molecule has 20 heavy (non-hydrogen) atoms. The lowest BCUT2D eigenvalue weighted by atomic mass is 9.95. The third kappa shape index (κ3) is 4.74. The summed E-state index contributed by atoms with van der Waals surface area (Å²) in [5, 5.41) is 16.6. The van der Waals surface area contributed by atoms with Crippen LogP contribution < -0.4 is 10.6 Å². The molecule has 3 unspecified atom stereocenters. The molecule has 3 N–H and O–H groups in total. The molecular weight excluding hydrogens is 252 g/mol. The molecule has 116 valence electrons. The Balaban J connectivity index is 1.77. The Labute approximate surface area is 122 Å². The van der Waals surface area contributed by atoms with E-state index in [2.05, 4.69) is 10.6 Å². The Bertz CT molecular complexity index is 303. The third-order valence-corrected chi connectivity index (χ3v) is 4.79. The Morgan fingerprint density at radius 2 is 1.60 bits per heavy atom. The van der Waals surface area contributed by atoms with Gasteiger partial charge in [0, 0.05) is 12.1 Å². The van der Waals surface area contributed by atoms with Gasteiger partial charge in [0.25, 0.3) is 0 Å². The SMILES string of the molecule is CC(NC1CCCCCC1O)C(=O)NC1CCCCC1. The van der Waals surface area contributed by atoms with Crippen LogP contribution in [0.1, 0.15) is 71.1 Å². The predicted molar refractivity (Wildman–Crippen MR) is 80.5 cm³/mol. The fourth-order valence-corrected chi connectivity index (χ4v) is 3.45. The van der Waals surface area contributed by atoms with Gasteiger partial charge in [-0.05, 0) is 32.6 Å². The van der Waals surface area contributed by atoms with Crippen molar-refractivity contribution in [3.05, 3.63) is 0 Å². The van der Waals surface area contributed by atoms with E-state index in [-0.39, 0.29) is 24.1 Å². The van der Waals surface area contributed by atoms with Gasteiger partial charge >= 0.3 is 0 Å². The molecule has 2 aliphatic rings. The molecule has 0 bridgehead atoms. The standard InChI is InChI=1S/C16H30N2O2/c1-12(16(20)18-13-8-4-2-5-9-13)17-14-10-6-3-7-11-15(14)19/h12-15,17,19H,2-11H2,1H3,(H,18,20). The van der Waals surface area contributed by atoms with Crippen molar-refractivity contribution in [2.24, 2.45) is 0 Å². The molecule has 0 radical (unpaired) electrons. The number of carbonyl (C=O) groups excluding carboxylic acids is 1. The molecule has 2 aliphatic carbocycles. The number of nitrogens with one attached hydrogen (secondary N) is 2. The first kappa shape index (κ1) is 15.8. The van der Waals surface area contributed by atoms with Gasteiger partial charge in [0.2, 0.25) is 5.91 Å². The van der Waals surface area contributed by atoms with Crippen molar-refractivity contribution in [1.82, 2.24) is 10.6 Å². The fourth-order valence-electron chi connectivity index (χ4n) is 3.45. The van der Waals surface area contributed by atoms with Crippen LogP contribution in [0.2, 0.25) is 0 Å². The summed E-state index contributed by atoms with van der Waals surface area (Å²) in [5.41, 5.74) is 0. The Kier molecular flexibility index (Phi) is 6.30. The average molecular weight is 282 g/mol. The normalized spacial score (nSPS) is 30.5. The summed E-state index contributed by atoms with van der Waals surface area (Å²) < 4.78 is 0. The molecule has 2 rings (SSSR count). The molecule has 0 spiro atoms. The molecule has 4 nitrogen and oxygen atoms in total. The summed E-state index contributed by atoms with van der Waals surface area (Å²) in [7, 11) is 0.